The van der Waals surface area contributed by atoms with Crippen LogP contribution in [0.3, 0.4) is 0 Å². The third kappa shape index (κ3) is 4.55. The summed E-state index contributed by atoms with van der Waals surface area (Å²) >= 11 is 0. The number of aliphatic hydroxyl groups is 1. The van der Waals surface area contributed by atoms with E-state index in [1.807, 2.05) is 6.92 Å². The van der Waals surface area contributed by atoms with Crippen LogP contribution in [-0.4, -0.2) is 41.7 Å². The van der Waals surface area contributed by atoms with Crippen molar-refractivity contribution in [1.29, 1.82) is 5.26 Å². The van der Waals surface area contributed by atoms with E-state index in [0.29, 0.717) is 24.2 Å². The molecule has 1 aliphatic heterocycles. The number of anilines is 1. The topological polar surface area (TPSA) is 76.4 Å². The van der Waals surface area contributed by atoms with Gasteiger partial charge in [-0.2, -0.15) is 5.26 Å². The Morgan fingerprint density at radius 3 is 3.10 bits per heavy atom. The van der Waals surface area contributed by atoms with Crippen molar-refractivity contribution in [2.24, 2.45) is 5.92 Å². The molecule has 0 spiro atoms. The van der Waals surface area contributed by atoms with Crippen LogP contribution in [0.2, 0.25) is 0 Å². The Morgan fingerprint density at radius 1 is 1.57 bits per heavy atom. The van der Waals surface area contributed by atoms with Crippen molar-refractivity contribution in [1.82, 2.24) is 4.90 Å². The number of likely N-dealkylation sites (tertiary alicyclic amines) is 1. The van der Waals surface area contributed by atoms with Gasteiger partial charge in [0, 0.05) is 31.7 Å². The summed E-state index contributed by atoms with van der Waals surface area (Å²) in [5.74, 6) is 0.206. The van der Waals surface area contributed by atoms with Gasteiger partial charge < -0.3 is 15.3 Å². The van der Waals surface area contributed by atoms with Crippen molar-refractivity contribution in [3.05, 3.63) is 29.8 Å². The number of nitrogens with one attached hydrogen (secondary N) is 1. The van der Waals surface area contributed by atoms with Gasteiger partial charge in [-0.25, -0.2) is 0 Å². The van der Waals surface area contributed by atoms with Crippen molar-refractivity contribution < 1.29 is 9.90 Å². The van der Waals surface area contributed by atoms with Crippen LogP contribution in [0.4, 0.5) is 5.69 Å². The van der Waals surface area contributed by atoms with Gasteiger partial charge in [-0.15, -0.1) is 0 Å². The van der Waals surface area contributed by atoms with Gasteiger partial charge in [-0.05, 0) is 30.5 Å². The van der Waals surface area contributed by atoms with E-state index in [2.05, 4.69) is 16.3 Å². The first kappa shape index (κ1) is 15.5. The SMILES string of the molecule is CC1CN(CCC(=O)Nc2cccc(C#N)c2)CCC1O. The van der Waals surface area contributed by atoms with E-state index in [-0.39, 0.29) is 17.9 Å². The van der Waals surface area contributed by atoms with E-state index in [4.69, 9.17) is 5.26 Å². The molecule has 1 aromatic carbocycles. The number of carbonyl (C=O) groups is 1. The van der Waals surface area contributed by atoms with Gasteiger partial charge >= 0.3 is 0 Å². The average Bonchev–Trinajstić information content (AvgIpc) is 2.48. The Kier molecular flexibility index (Phi) is 5.32. The Balaban J connectivity index is 1.78. The molecule has 21 heavy (non-hydrogen) atoms. The van der Waals surface area contributed by atoms with Crippen LogP contribution in [0.1, 0.15) is 25.3 Å². The average molecular weight is 287 g/mol. The maximum absolute atomic E-state index is 11.9. The summed E-state index contributed by atoms with van der Waals surface area (Å²) in [5, 5.41) is 21.3. The fraction of sp³-hybridized carbons (Fsp3) is 0.500. The second kappa shape index (κ2) is 7.21. The zero-order valence-corrected chi connectivity index (χ0v) is 12.2. The molecule has 112 valence electrons. The normalized spacial score (nSPS) is 22.5. The molecule has 2 atom stereocenters. The molecule has 1 aromatic rings. The van der Waals surface area contributed by atoms with Crippen LogP contribution >= 0.6 is 0 Å². The standard InChI is InChI=1S/C16H21N3O2/c1-12-11-19(7-5-15(12)20)8-6-16(21)18-14-4-2-3-13(9-14)10-17/h2-4,9,12,15,20H,5-8,11H2,1H3,(H,18,21). The van der Waals surface area contributed by atoms with Crippen LogP contribution in [0, 0.1) is 17.2 Å². The lowest BCUT2D eigenvalue weighted by atomic mass is 9.97. The number of benzene rings is 1. The number of nitriles is 1. The molecule has 2 unspecified atom stereocenters. The number of rotatable bonds is 4. The number of piperidine rings is 1. The van der Waals surface area contributed by atoms with Gasteiger partial charge in [0.1, 0.15) is 0 Å². The first-order valence-electron chi connectivity index (χ1n) is 7.29. The van der Waals surface area contributed by atoms with Crippen LogP contribution < -0.4 is 5.32 Å². The lowest BCUT2D eigenvalue weighted by molar-refractivity contribution is -0.116. The monoisotopic (exact) mass is 287 g/mol. The molecule has 1 fully saturated rings. The van der Waals surface area contributed by atoms with Gasteiger partial charge in [0.05, 0.1) is 17.7 Å². The van der Waals surface area contributed by atoms with Crippen molar-refractivity contribution in [2.75, 3.05) is 25.0 Å². The molecule has 0 radical (unpaired) electrons. The van der Waals surface area contributed by atoms with Gasteiger partial charge in [-0.3, -0.25) is 4.79 Å². The van der Waals surface area contributed by atoms with E-state index in [1.54, 1.807) is 24.3 Å². The predicted octanol–water partition coefficient (Wildman–Crippen LogP) is 1.59. The van der Waals surface area contributed by atoms with Gasteiger partial charge in [-0.1, -0.05) is 13.0 Å². The van der Waals surface area contributed by atoms with Crippen molar-refractivity contribution >= 4 is 11.6 Å². The number of nitrogens with zero attached hydrogens (tertiary/aromatic N) is 2. The van der Waals surface area contributed by atoms with Gasteiger partial charge in [0.15, 0.2) is 0 Å². The lowest BCUT2D eigenvalue weighted by Gasteiger charge is -2.34. The Hall–Kier alpha value is -1.90. The van der Waals surface area contributed by atoms with Crippen LogP contribution in [0.5, 0.6) is 0 Å². The molecule has 1 heterocycles. The minimum atomic E-state index is -0.219. The molecule has 5 nitrogen and oxygen atoms in total. The highest BCUT2D eigenvalue weighted by Gasteiger charge is 2.24. The Morgan fingerprint density at radius 2 is 2.38 bits per heavy atom. The first-order chi connectivity index (χ1) is 10.1. The zero-order valence-electron chi connectivity index (χ0n) is 12.2. The molecule has 5 heteroatoms. The second-order valence-electron chi connectivity index (χ2n) is 5.62. The van der Waals surface area contributed by atoms with E-state index < -0.39 is 0 Å². The molecule has 1 amide bonds. The van der Waals surface area contributed by atoms with Crippen LogP contribution in [-0.2, 0) is 4.79 Å². The molecule has 1 aliphatic rings. The molecule has 0 bridgehead atoms. The highest BCUT2D eigenvalue weighted by molar-refractivity contribution is 5.90. The van der Waals surface area contributed by atoms with Crippen LogP contribution in [0.25, 0.3) is 0 Å². The minimum Gasteiger partial charge on any atom is -0.393 e. The zero-order chi connectivity index (χ0) is 15.2. The predicted molar refractivity (Wildman–Crippen MR) is 80.6 cm³/mol. The molecule has 0 aromatic heterocycles. The smallest absolute Gasteiger partial charge is 0.225 e. The van der Waals surface area contributed by atoms with E-state index in [9.17, 15) is 9.90 Å². The molecule has 1 saturated heterocycles. The first-order valence-corrected chi connectivity index (χ1v) is 7.29. The molecule has 0 saturated carbocycles. The third-order valence-corrected chi connectivity index (χ3v) is 3.87. The molecule has 0 aliphatic carbocycles. The van der Waals surface area contributed by atoms with Gasteiger partial charge in [0.25, 0.3) is 0 Å². The number of amides is 1. The van der Waals surface area contributed by atoms with Crippen molar-refractivity contribution in [3.8, 4) is 6.07 Å². The highest BCUT2D eigenvalue weighted by Crippen LogP contribution is 2.16. The Bertz CT molecular complexity index is 539. The summed E-state index contributed by atoms with van der Waals surface area (Å²) in [6.07, 6.45) is 0.968. The van der Waals surface area contributed by atoms with E-state index >= 15 is 0 Å². The summed E-state index contributed by atoms with van der Waals surface area (Å²) in [6, 6.07) is 8.95. The fourth-order valence-corrected chi connectivity index (χ4v) is 2.57. The largest absolute Gasteiger partial charge is 0.393 e. The Labute approximate surface area is 125 Å². The maximum atomic E-state index is 11.9. The number of carbonyl (C=O) groups excluding carboxylic acids is 1. The van der Waals surface area contributed by atoms with Crippen LogP contribution in [0.15, 0.2) is 24.3 Å². The fourth-order valence-electron chi connectivity index (χ4n) is 2.57. The second-order valence-corrected chi connectivity index (χ2v) is 5.62. The number of aliphatic hydroxyl groups excluding tert-OH is 1. The van der Waals surface area contributed by atoms with Gasteiger partial charge in [0.2, 0.25) is 5.91 Å². The number of hydrogen-bond donors (Lipinski definition) is 2. The van der Waals surface area contributed by atoms with E-state index in [1.165, 1.54) is 0 Å². The summed E-state index contributed by atoms with van der Waals surface area (Å²) in [4.78, 5) is 14.1. The molecule has 2 N–H and O–H groups in total. The summed E-state index contributed by atoms with van der Waals surface area (Å²) < 4.78 is 0. The molecule has 2 rings (SSSR count). The molecular formula is C16H21N3O2. The highest BCUT2D eigenvalue weighted by atomic mass is 16.3. The molecular weight excluding hydrogens is 266 g/mol. The number of hydrogen-bond acceptors (Lipinski definition) is 4. The van der Waals surface area contributed by atoms with Crippen molar-refractivity contribution in [3.63, 3.8) is 0 Å². The maximum Gasteiger partial charge on any atom is 0.225 e. The summed E-state index contributed by atoms with van der Waals surface area (Å²) in [5.41, 5.74) is 1.19. The quantitative estimate of drug-likeness (QED) is 0.881. The summed E-state index contributed by atoms with van der Waals surface area (Å²) in [6.45, 7) is 4.40. The summed E-state index contributed by atoms with van der Waals surface area (Å²) in [7, 11) is 0. The van der Waals surface area contributed by atoms with Crippen molar-refractivity contribution in [2.45, 2.75) is 25.9 Å². The lowest BCUT2D eigenvalue weighted by Crippen LogP contribution is -2.42. The van der Waals surface area contributed by atoms with E-state index in [0.717, 1.165) is 19.5 Å². The third-order valence-electron chi connectivity index (χ3n) is 3.87. The minimum absolute atomic E-state index is 0.0520.